The van der Waals surface area contributed by atoms with E-state index < -0.39 is 10.0 Å². The molecule has 0 aromatic heterocycles. The number of rotatable bonds is 12. The largest absolute Gasteiger partial charge is 0.456 e. The zero-order valence-corrected chi connectivity index (χ0v) is 25.5. The van der Waals surface area contributed by atoms with Gasteiger partial charge in [-0.25, -0.2) is 8.42 Å². The van der Waals surface area contributed by atoms with Crippen molar-refractivity contribution in [1.29, 1.82) is 0 Å². The van der Waals surface area contributed by atoms with Gasteiger partial charge < -0.3 is 9.64 Å². The van der Waals surface area contributed by atoms with Gasteiger partial charge in [0.25, 0.3) is 0 Å². The highest BCUT2D eigenvalue weighted by atomic mass is 35.5. The van der Waals surface area contributed by atoms with E-state index in [9.17, 15) is 13.2 Å². The predicted molar refractivity (Wildman–Crippen MR) is 163 cm³/mol. The summed E-state index contributed by atoms with van der Waals surface area (Å²) in [5, 5.41) is 0.325. The first-order valence-electron chi connectivity index (χ1n) is 14.8. The number of amides is 1. The van der Waals surface area contributed by atoms with Gasteiger partial charge in [-0.3, -0.25) is 14.4 Å². The van der Waals surface area contributed by atoms with Gasteiger partial charge in [-0.1, -0.05) is 56.3 Å². The smallest absolute Gasteiger partial charge is 0.229 e. The van der Waals surface area contributed by atoms with Gasteiger partial charge in [0.15, 0.2) is 0 Å². The van der Waals surface area contributed by atoms with Crippen molar-refractivity contribution in [3.63, 3.8) is 0 Å². The normalized spacial score (nSPS) is 17.5. The summed E-state index contributed by atoms with van der Waals surface area (Å²) in [6.07, 6.45) is 12.4. The second kappa shape index (κ2) is 14.6. The first kappa shape index (κ1) is 30.7. The molecule has 1 aliphatic heterocycles. The molecule has 40 heavy (non-hydrogen) atoms. The van der Waals surface area contributed by atoms with E-state index in [1.165, 1.54) is 43.7 Å². The quantitative estimate of drug-likeness (QED) is 0.286. The zero-order chi connectivity index (χ0) is 28.5. The zero-order valence-electron chi connectivity index (χ0n) is 23.9. The van der Waals surface area contributed by atoms with E-state index in [-0.39, 0.29) is 0 Å². The molecule has 220 valence electrons. The summed E-state index contributed by atoms with van der Waals surface area (Å²) in [4.78, 5) is 18.0. The Morgan fingerprint density at radius 1 is 1.05 bits per heavy atom. The summed E-state index contributed by atoms with van der Waals surface area (Å²) in [5.74, 6) is 2.10. The van der Waals surface area contributed by atoms with Gasteiger partial charge in [-0.2, -0.15) is 0 Å². The topological polar surface area (TPSA) is 79.0 Å². The summed E-state index contributed by atoms with van der Waals surface area (Å²) in [6, 6.07) is 13.1. The third kappa shape index (κ3) is 9.38. The number of nitrogens with zero attached hydrogens (tertiary/aromatic N) is 2. The lowest BCUT2D eigenvalue weighted by Gasteiger charge is -2.39. The predicted octanol–water partition coefficient (Wildman–Crippen LogP) is 7.07. The number of ether oxygens (including phenoxy) is 1. The minimum Gasteiger partial charge on any atom is -0.456 e. The molecular formula is C31H44ClN3O4S. The molecule has 0 atom stereocenters. The van der Waals surface area contributed by atoms with Crippen molar-refractivity contribution in [2.75, 3.05) is 30.6 Å². The third-order valence-electron chi connectivity index (χ3n) is 8.05. The average molecular weight is 590 g/mol. The molecule has 0 bridgehead atoms. The van der Waals surface area contributed by atoms with Gasteiger partial charge in [-0.05, 0) is 73.9 Å². The molecule has 0 radical (unpaired) electrons. The summed E-state index contributed by atoms with van der Waals surface area (Å²) in [6.45, 7) is 5.95. The number of halogens is 1. The van der Waals surface area contributed by atoms with Crippen LogP contribution >= 0.6 is 11.6 Å². The van der Waals surface area contributed by atoms with Crippen molar-refractivity contribution in [3.05, 3.63) is 53.1 Å². The molecule has 1 amide bonds. The van der Waals surface area contributed by atoms with Gasteiger partial charge in [0.05, 0.1) is 17.0 Å². The standard InChI is InChI=1S/C31H44ClN3O4S/c1-3-4-18-35(31(36)21-24-8-6-5-7-9-24)27-16-19-34(20-17-27)23-25-10-13-28(14-11-25)39-30-15-12-26(22-29(30)32)33-40(2,37)38/h10-15,22,24,27,33H,3-9,16-21,23H2,1-2H3. The number of benzene rings is 2. The molecule has 7 nitrogen and oxygen atoms in total. The van der Waals surface area contributed by atoms with Crippen molar-refractivity contribution in [1.82, 2.24) is 9.80 Å². The monoisotopic (exact) mass is 589 g/mol. The number of carbonyl (C=O) groups excluding carboxylic acids is 1. The summed E-state index contributed by atoms with van der Waals surface area (Å²) in [7, 11) is -3.37. The molecular weight excluding hydrogens is 546 g/mol. The van der Waals surface area contributed by atoms with Crippen molar-refractivity contribution in [2.24, 2.45) is 5.92 Å². The van der Waals surface area contributed by atoms with E-state index in [1.54, 1.807) is 12.1 Å². The van der Waals surface area contributed by atoms with E-state index in [1.807, 2.05) is 12.1 Å². The summed E-state index contributed by atoms with van der Waals surface area (Å²) >= 11 is 6.31. The Morgan fingerprint density at radius 2 is 1.75 bits per heavy atom. The first-order chi connectivity index (χ1) is 19.2. The molecule has 0 unspecified atom stereocenters. The van der Waals surface area contributed by atoms with E-state index in [0.29, 0.717) is 40.1 Å². The lowest BCUT2D eigenvalue weighted by atomic mass is 9.86. The number of unbranched alkanes of at least 4 members (excludes halogenated alkanes) is 1. The van der Waals surface area contributed by atoms with Gasteiger partial charge in [0.1, 0.15) is 11.5 Å². The van der Waals surface area contributed by atoms with E-state index in [4.69, 9.17) is 16.3 Å². The molecule has 2 aliphatic rings. The Bertz CT molecular complexity index is 1210. The second-order valence-electron chi connectivity index (χ2n) is 11.4. The fourth-order valence-electron chi connectivity index (χ4n) is 5.89. The number of piperidine rings is 1. The van der Waals surface area contributed by atoms with Gasteiger partial charge in [0.2, 0.25) is 15.9 Å². The molecule has 1 aliphatic carbocycles. The third-order valence-corrected chi connectivity index (χ3v) is 8.95. The van der Waals surface area contributed by atoms with Crippen LogP contribution in [-0.2, 0) is 21.4 Å². The lowest BCUT2D eigenvalue weighted by molar-refractivity contribution is -0.136. The maximum absolute atomic E-state index is 13.3. The van der Waals surface area contributed by atoms with Crippen LogP contribution < -0.4 is 9.46 Å². The molecule has 1 saturated heterocycles. The molecule has 2 aromatic rings. The average Bonchev–Trinajstić information content (AvgIpc) is 2.92. The Hall–Kier alpha value is -2.29. The Labute approximate surface area is 245 Å². The fourth-order valence-corrected chi connectivity index (χ4v) is 6.67. The minimum atomic E-state index is -3.37. The first-order valence-corrected chi connectivity index (χ1v) is 17.0. The van der Waals surface area contributed by atoms with Crippen molar-refractivity contribution in [3.8, 4) is 11.5 Å². The van der Waals surface area contributed by atoms with E-state index in [0.717, 1.165) is 64.5 Å². The molecule has 1 saturated carbocycles. The highest BCUT2D eigenvalue weighted by molar-refractivity contribution is 7.92. The van der Waals surface area contributed by atoms with E-state index >= 15 is 0 Å². The van der Waals surface area contributed by atoms with Crippen LogP contribution in [0.5, 0.6) is 11.5 Å². The van der Waals surface area contributed by atoms with Gasteiger partial charge in [0, 0.05) is 38.6 Å². The highest BCUT2D eigenvalue weighted by Crippen LogP contribution is 2.32. The number of hydrogen-bond donors (Lipinski definition) is 1. The van der Waals surface area contributed by atoms with Crippen LogP contribution in [0.2, 0.25) is 5.02 Å². The number of likely N-dealkylation sites (tertiary alicyclic amines) is 1. The van der Waals surface area contributed by atoms with Crippen molar-refractivity contribution < 1.29 is 17.9 Å². The fraction of sp³-hybridized carbons (Fsp3) is 0.581. The molecule has 9 heteroatoms. The van der Waals surface area contributed by atoms with Gasteiger partial charge in [-0.15, -0.1) is 0 Å². The summed E-state index contributed by atoms with van der Waals surface area (Å²) in [5.41, 5.74) is 1.60. The SMILES string of the molecule is CCCCN(C(=O)CC1CCCCC1)C1CCN(Cc2ccc(Oc3ccc(NS(C)(=O)=O)cc3Cl)cc2)CC1. The lowest BCUT2D eigenvalue weighted by Crippen LogP contribution is -2.48. The van der Waals surface area contributed by atoms with Crippen LogP contribution in [-0.4, -0.2) is 56.1 Å². The number of carbonyl (C=O) groups is 1. The van der Waals surface area contributed by atoms with Crippen LogP contribution in [0.1, 0.15) is 76.7 Å². The highest BCUT2D eigenvalue weighted by Gasteiger charge is 2.29. The number of anilines is 1. The van der Waals surface area contributed by atoms with Crippen molar-refractivity contribution in [2.45, 2.75) is 83.7 Å². The summed E-state index contributed by atoms with van der Waals surface area (Å²) < 4.78 is 31.2. The van der Waals surface area contributed by atoms with Crippen LogP contribution in [0, 0.1) is 5.92 Å². The van der Waals surface area contributed by atoms with Crippen LogP contribution in [0.15, 0.2) is 42.5 Å². The molecule has 2 aromatic carbocycles. The van der Waals surface area contributed by atoms with E-state index in [2.05, 4.69) is 33.6 Å². The minimum absolute atomic E-state index is 0.325. The van der Waals surface area contributed by atoms with Crippen LogP contribution in [0.25, 0.3) is 0 Å². The van der Waals surface area contributed by atoms with Gasteiger partial charge >= 0.3 is 0 Å². The van der Waals surface area contributed by atoms with Crippen LogP contribution in [0.4, 0.5) is 5.69 Å². The molecule has 4 rings (SSSR count). The number of nitrogens with one attached hydrogen (secondary N) is 1. The Balaban J connectivity index is 1.27. The Kier molecular flexibility index (Phi) is 11.2. The maximum atomic E-state index is 13.3. The molecule has 1 N–H and O–H groups in total. The molecule has 2 fully saturated rings. The second-order valence-corrected chi connectivity index (χ2v) is 13.6. The number of hydrogen-bond acceptors (Lipinski definition) is 5. The number of sulfonamides is 1. The molecule has 1 heterocycles. The van der Waals surface area contributed by atoms with Crippen molar-refractivity contribution >= 4 is 33.2 Å². The molecule has 0 spiro atoms. The van der Waals surface area contributed by atoms with Crippen LogP contribution in [0.3, 0.4) is 0 Å². The Morgan fingerprint density at radius 3 is 2.38 bits per heavy atom. The maximum Gasteiger partial charge on any atom is 0.229 e.